The molecule has 2 fully saturated rings. The van der Waals surface area contributed by atoms with E-state index in [9.17, 15) is 27.9 Å². The fourth-order valence-electron chi connectivity index (χ4n) is 5.55. The van der Waals surface area contributed by atoms with Crippen molar-refractivity contribution in [2.24, 2.45) is 11.8 Å². The molecule has 2 saturated heterocycles. The van der Waals surface area contributed by atoms with E-state index in [1.165, 1.54) is 17.0 Å². The summed E-state index contributed by atoms with van der Waals surface area (Å²) >= 11 is 6.37. The topological polar surface area (TPSA) is 64.1 Å². The van der Waals surface area contributed by atoms with Crippen LogP contribution in [0.2, 0.25) is 5.02 Å². The van der Waals surface area contributed by atoms with Gasteiger partial charge in [-0.2, -0.15) is 13.2 Å². The van der Waals surface area contributed by atoms with Crippen LogP contribution in [-0.2, 0) is 16.8 Å². The molecule has 6 nitrogen and oxygen atoms in total. The summed E-state index contributed by atoms with van der Waals surface area (Å²) in [5, 5.41) is 11.1. The third kappa shape index (κ3) is 5.89. The summed E-state index contributed by atoms with van der Waals surface area (Å²) in [6.07, 6.45) is -1.98. The van der Waals surface area contributed by atoms with Gasteiger partial charge in [-0.15, -0.1) is 0 Å². The second kappa shape index (κ2) is 11.4. The second-order valence-electron chi connectivity index (χ2n) is 10.9. The van der Waals surface area contributed by atoms with Gasteiger partial charge in [0.15, 0.2) is 0 Å². The molecule has 2 aliphatic rings. The Morgan fingerprint density at radius 1 is 1.05 bits per heavy atom. The van der Waals surface area contributed by atoms with Gasteiger partial charge in [0, 0.05) is 51.5 Å². The monoisotopic (exact) mass is 565 g/mol. The number of rotatable bonds is 7. The Hall–Kier alpha value is -2.78. The molecule has 4 rings (SSSR count). The number of halogens is 4. The minimum Gasteiger partial charge on any atom is -0.371 e. The number of aliphatic hydroxyl groups is 1. The van der Waals surface area contributed by atoms with Gasteiger partial charge in [0.25, 0.3) is 17.4 Å². The predicted octanol–water partition coefficient (Wildman–Crippen LogP) is 5.12. The number of alkyl halides is 3. The van der Waals surface area contributed by atoms with E-state index in [1.807, 2.05) is 12.1 Å². The van der Waals surface area contributed by atoms with E-state index in [0.717, 1.165) is 49.0 Å². The maximum atomic E-state index is 14.0. The zero-order valence-corrected chi connectivity index (χ0v) is 23.2. The van der Waals surface area contributed by atoms with Crippen LogP contribution >= 0.6 is 11.6 Å². The minimum atomic E-state index is -5.13. The number of carbonyl (C=O) groups is 2. The highest BCUT2D eigenvalue weighted by molar-refractivity contribution is 6.34. The van der Waals surface area contributed by atoms with Crippen LogP contribution in [-0.4, -0.2) is 73.2 Å². The molecule has 2 aromatic carbocycles. The van der Waals surface area contributed by atoms with E-state index >= 15 is 0 Å². The van der Waals surface area contributed by atoms with E-state index in [-0.39, 0.29) is 24.9 Å². The molecule has 2 heterocycles. The number of piperidine rings is 1. The Balaban J connectivity index is 1.32. The Labute approximate surface area is 232 Å². The molecule has 0 bridgehead atoms. The summed E-state index contributed by atoms with van der Waals surface area (Å²) in [5.41, 5.74) is -1.96. The van der Waals surface area contributed by atoms with Crippen LogP contribution < -0.4 is 4.90 Å². The number of amides is 2. The average Bonchev–Trinajstić information content (AvgIpc) is 2.88. The maximum Gasteiger partial charge on any atom is 0.430 e. The molecule has 0 aromatic heterocycles. The minimum absolute atomic E-state index is 0.107. The summed E-state index contributed by atoms with van der Waals surface area (Å²) in [6.45, 7) is 3.83. The number of nitrogens with zero attached hydrogens (tertiary/aromatic N) is 3. The Morgan fingerprint density at radius 2 is 1.72 bits per heavy atom. The molecule has 1 N–H and O–H groups in total. The van der Waals surface area contributed by atoms with Gasteiger partial charge in [0.05, 0.1) is 10.6 Å². The largest absolute Gasteiger partial charge is 0.430 e. The second-order valence-corrected chi connectivity index (χ2v) is 11.3. The van der Waals surface area contributed by atoms with E-state index < -0.39 is 23.2 Å². The summed E-state index contributed by atoms with van der Waals surface area (Å²) in [6, 6.07) is 11.0. The quantitative estimate of drug-likeness (QED) is 0.506. The van der Waals surface area contributed by atoms with E-state index in [4.69, 9.17) is 11.6 Å². The molecule has 10 heteroatoms. The smallest absolute Gasteiger partial charge is 0.371 e. The van der Waals surface area contributed by atoms with Gasteiger partial charge in [-0.25, -0.2) is 0 Å². The van der Waals surface area contributed by atoms with Gasteiger partial charge >= 0.3 is 6.18 Å². The van der Waals surface area contributed by atoms with Crippen molar-refractivity contribution in [2.75, 3.05) is 45.2 Å². The highest BCUT2D eigenvalue weighted by Crippen LogP contribution is 2.43. The summed E-state index contributed by atoms with van der Waals surface area (Å²) in [4.78, 5) is 30.0. The SMILES string of the molecule is CCc1cccc(C(O)(C(=O)N2CC(CC3CCN(c4ccc(C(=O)N(C)C)c(Cl)c4)CC3)C2)C(F)(F)F)c1. The molecule has 0 spiro atoms. The van der Waals surface area contributed by atoms with Crippen LogP contribution in [0.4, 0.5) is 18.9 Å². The number of likely N-dealkylation sites (tertiary alicyclic amines) is 1. The molecule has 2 aliphatic heterocycles. The van der Waals surface area contributed by atoms with E-state index in [2.05, 4.69) is 4.90 Å². The zero-order valence-electron chi connectivity index (χ0n) is 22.5. The average molecular weight is 566 g/mol. The van der Waals surface area contributed by atoms with Gasteiger partial charge < -0.3 is 19.8 Å². The molecular weight excluding hydrogens is 531 g/mol. The van der Waals surface area contributed by atoms with Crippen molar-refractivity contribution in [1.82, 2.24) is 9.80 Å². The van der Waals surface area contributed by atoms with Crippen LogP contribution in [0, 0.1) is 11.8 Å². The first-order valence-electron chi connectivity index (χ1n) is 13.3. The third-order valence-corrected chi connectivity index (χ3v) is 8.27. The van der Waals surface area contributed by atoms with E-state index in [0.29, 0.717) is 28.5 Å². The lowest BCUT2D eigenvalue weighted by Gasteiger charge is -2.45. The fourth-order valence-corrected chi connectivity index (χ4v) is 5.81. The Morgan fingerprint density at radius 3 is 2.28 bits per heavy atom. The molecule has 1 atom stereocenters. The van der Waals surface area contributed by atoms with Crippen LogP contribution in [0.25, 0.3) is 0 Å². The maximum absolute atomic E-state index is 14.0. The summed E-state index contributed by atoms with van der Waals surface area (Å²) in [7, 11) is 3.35. The highest BCUT2D eigenvalue weighted by atomic mass is 35.5. The first kappa shape index (κ1) is 29.2. The van der Waals surface area contributed by atoms with Crippen molar-refractivity contribution in [3.05, 3.63) is 64.2 Å². The lowest BCUT2D eigenvalue weighted by atomic mass is 9.82. The molecule has 2 aromatic rings. The van der Waals surface area contributed by atoms with Crippen molar-refractivity contribution in [1.29, 1.82) is 0 Å². The Kier molecular flexibility index (Phi) is 8.52. The van der Waals surface area contributed by atoms with Crippen molar-refractivity contribution < 1.29 is 27.9 Å². The van der Waals surface area contributed by atoms with Gasteiger partial charge in [0.2, 0.25) is 0 Å². The van der Waals surface area contributed by atoms with Crippen LogP contribution in [0.5, 0.6) is 0 Å². The number of hydrogen-bond donors (Lipinski definition) is 1. The van der Waals surface area contributed by atoms with Crippen LogP contribution in [0.3, 0.4) is 0 Å². The normalized spacial score (nSPS) is 18.5. The van der Waals surface area contributed by atoms with Crippen molar-refractivity contribution >= 4 is 29.1 Å². The molecule has 39 heavy (non-hydrogen) atoms. The fraction of sp³-hybridized carbons (Fsp3) is 0.517. The molecule has 1 unspecified atom stereocenters. The first-order valence-corrected chi connectivity index (χ1v) is 13.7. The molecule has 212 valence electrons. The zero-order chi connectivity index (χ0) is 28.5. The van der Waals surface area contributed by atoms with E-state index in [1.54, 1.807) is 33.2 Å². The summed E-state index contributed by atoms with van der Waals surface area (Å²) in [5.74, 6) is -0.948. The van der Waals surface area contributed by atoms with Crippen molar-refractivity contribution in [3.8, 4) is 0 Å². The molecule has 0 aliphatic carbocycles. The van der Waals surface area contributed by atoms with Crippen molar-refractivity contribution in [3.63, 3.8) is 0 Å². The lowest BCUT2D eigenvalue weighted by Crippen LogP contribution is -2.61. The lowest BCUT2D eigenvalue weighted by molar-refractivity contribution is -0.264. The first-order chi connectivity index (χ1) is 18.3. The number of aryl methyl sites for hydroxylation is 1. The molecule has 2 amide bonds. The highest BCUT2D eigenvalue weighted by Gasteiger charge is 2.63. The molecular formula is C29H35ClF3N3O3. The van der Waals surface area contributed by atoms with Gasteiger partial charge in [-0.1, -0.05) is 42.8 Å². The standard InChI is InChI=1S/C29H35ClF3N3O3/c1-4-19-6-5-7-22(15-19)28(39,29(31,32)33)27(38)36-17-21(18-36)14-20-10-12-35(13-11-20)23-8-9-24(25(30)16-23)26(37)34(2)3/h5-9,15-16,20-21,39H,4,10-14,17-18H2,1-3H3. The van der Waals surface area contributed by atoms with Crippen LogP contribution in [0.15, 0.2) is 42.5 Å². The van der Waals surface area contributed by atoms with Gasteiger partial charge in [-0.3, -0.25) is 9.59 Å². The third-order valence-electron chi connectivity index (χ3n) is 7.95. The summed E-state index contributed by atoms with van der Waals surface area (Å²) < 4.78 is 42.1. The van der Waals surface area contributed by atoms with Gasteiger partial charge in [-0.05, 0) is 61.3 Å². The Bertz CT molecular complexity index is 1210. The molecule has 0 radical (unpaired) electrons. The molecule has 0 saturated carbocycles. The van der Waals surface area contributed by atoms with Crippen LogP contribution in [0.1, 0.15) is 47.7 Å². The number of anilines is 1. The van der Waals surface area contributed by atoms with Crippen molar-refractivity contribution in [2.45, 2.75) is 44.4 Å². The predicted molar refractivity (Wildman–Crippen MR) is 145 cm³/mol. The number of carbonyl (C=O) groups excluding carboxylic acids is 2. The van der Waals surface area contributed by atoms with Gasteiger partial charge in [0.1, 0.15) is 0 Å². The number of hydrogen-bond acceptors (Lipinski definition) is 4. The number of benzene rings is 2.